The zero-order chi connectivity index (χ0) is 12.4. The highest BCUT2D eigenvalue weighted by molar-refractivity contribution is 4.97. The van der Waals surface area contributed by atoms with Crippen molar-refractivity contribution in [2.24, 2.45) is 5.92 Å². The summed E-state index contributed by atoms with van der Waals surface area (Å²) >= 11 is 0. The second-order valence-corrected chi connectivity index (χ2v) is 6.32. The Bertz CT molecular complexity index is 241. The zero-order valence-corrected chi connectivity index (χ0v) is 12.1. The van der Waals surface area contributed by atoms with Gasteiger partial charge in [-0.05, 0) is 58.4 Å². The van der Waals surface area contributed by atoms with Crippen LogP contribution in [0.3, 0.4) is 0 Å². The minimum absolute atomic E-state index is 0.723. The summed E-state index contributed by atoms with van der Waals surface area (Å²) in [5.74, 6) is 0.912. The van der Waals surface area contributed by atoms with Gasteiger partial charge in [0.2, 0.25) is 0 Å². The Balaban J connectivity index is 2.11. The van der Waals surface area contributed by atoms with E-state index in [1.165, 1.54) is 38.5 Å². The third-order valence-corrected chi connectivity index (χ3v) is 5.15. The number of nitrogens with one attached hydrogen (secondary N) is 1. The first-order valence-electron chi connectivity index (χ1n) is 7.62. The lowest BCUT2D eigenvalue weighted by molar-refractivity contribution is 0.0640. The van der Waals surface area contributed by atoms with Gasteiger partial charge >= 0.3 is 0 Å². The van der Waals surface area contributed by atoms with E-state index >= 15 is 0 Å². The van der Waals surface area contributed by atoms with Gasteiger partial charge in [-0.2, -0.15) is 0 Å². The van der Waals surface area contributed by atoms with E-state index in [1.807, 2.05) is 0 Å². The summed E-state index contributed by atoms with van der Waals surface area (Å²) in [6.07, 6.45) is 8.31. The van der Waals surface area contributed by atoms with Crippen LogP contribution in [0.15, 0.2) is 0 Å². The third kappa shape index (κ3) is 2.68. The van der Waals surface area contributed by atoms with Gasteiger partial charge in [0.25, 0.3) is 0 Å². The molecule has 17 heavy (non-hydrogen) atoms. The third-order valence-electron chi connectivity index (χ3n) is 5.15. The zero-order valence-electron chi connectivity index (χ0n) is 12.1. The van der Waals surface area contributed by atoms with Gasteiger partial charge in [-0.25, -0.2) is 0 Å². The highest BCUT2D eigenvalue weighted by Gasteiger charge is 2.40. The summed E-state index contributed by atoms with van der Waals surface area (Å²) in [5.41, 5.74) is 0. The Hall–Kier alpha value is -0.0800. The smallest absolute Gasteiger partial charge is 0.0257 e. The number of rotatable bonds is 3. The van der Waals surface area contributed by atoms with Crippen molar-refractivity contribution in [1.82, 2.24) is 10.2 Å². The minimum Gasteiger partial charge on any atom is -0.315 e. The van der Waals surface area contributed by atoms with Crippen LogP contribution in [-0.2, 0) is 0 Å². The van der Waals surface area contributed by atoms with E-state index in [4.69, 9.17) is 0 Å². The molecule has 2 heteroatoms. The highest BCUT2D eigenvalue weighted by atomic mass is 15.3. The van der Waals surface area contributed by atoms with Crippen LogP contribution >= 0.6 is 0 Å². The van der Waals surface area contributed by atoms with Crippen LogP contribution in [0.2, 0.25) is 0 Å². The lowest BCUT2D eigenvalue weighted by atomic mass is 9.82. The fraction of sp³-hybridized carbons (Fsp3) is 1.00. The van der Waals surface area contributed by atoms with Crippen molar-refractivity contribution < 1.29 is 0 Å². The molecule has 1 heterocycles. The summed E-state index contributed by atoms with van der Waals surface area (Å²) in [5, 5.41) is 3.57. The lowest BCUT2D eigenvalue weighted by Gasteiger charge is -2.44. The van der Waals surface area contributed by atoms with Crippen molar-refractivity contribution in [3.63, 3.8) is 0 Å². The molecular formula is C15H30N2. The first-order valence-corrected chi connectivity index (χ1v) is 7.62. The Labute approximate surface area is 107 Å². The first-order chi connectivity index (χ1) is 8.17. The van der Waals surface area contributed by atoms with Gasteiger partial charge < -0.3 is 5.32 Å². The molecule has 1 N–H and O–H groups in total. The van der Waals surface area contributed by atoms with E-state index in [0.717, 1.165) is 30.1 Å². The molecule has 1 aliphatic heterocycles. The first kappa shape index (κ1) is 13.4. The average Bonchev–Trinajstić information content (AvgIpc) is 2.70. The second kappa shape index (κ2) is 5.71. The monoisotopic (exact) mass is 238 g/mol. The summed E-state index contributed by atoms with van der Waals surface area (Å²) in [6, 6.07) is 3.15. The fourth-order valence-corrected chi connectivity index (χ4v) is 4.12. The molecule has 2 nitrogen and oxygen atoms in total. The molecule has 0 aromatic rings. The molecule has 100 valence electrons. The summed E-state index contributed by atoms with van der Waals surface area (Å²) < 4.78 is 0. The largest absolute Gasteiger partial charge is 0.315 e. The van der Waals surface area contributed by atoms with E-state index in [0.29, 0.717) is 0 Å². The molecule has 0 aromatic carbocycles. The number of hydrogen-bond donors (Lipinski definition) is 1. The minimum atomic E-state index is 0.723. The van der Waals surface area contributed by atoms with Gasteiger partial charge in [0.05, 0.1) is 0 Å². The lowest BCUT2D eigenvalue weighted by Crippen LogP contribution is -2.55. The van der Waals surface area contributed by atoms with Gasteiger partial charge in [-0.15, -0.1) is 0 Å². The molecule has 5 atom stereocenters. The predicted molar refractivity (Wildman–Crippen MR) is 74.3 cm³/mol. The molecule has 0 bridgehead atoms. The molecule has 0 aromatic heterocycles. The van der Waals surface area contributed by atoms with Crippen molar-refractivity contribution in [1.29, 1.82) is 0 Å². The molecule has 1 aliphatic carbocycles. The van der Waals surface area contributed by atoms with Crippen LogP contribution in [0, 0.1) is 5.92 Å². The van der Waals surface area contributed by atoms with Gasteiger partial charge in [0.15, 0.2) is 0 Å². The maximum absolute atomic E-state index is 3.57. The molecule has 5 unspecified atom stereocenters. The quantitative estimate of drug-likeness (QED) is 0.813. The summed E-state index contributed by atoms with van der Waals surface area (Å²) in [6.45, 7) is 7.22. The van der Waals surface area contributed by atoms with E-state index in [2.05, 4.69) is 38.0 Å². The van der Waals surface area contributed by atoms with E-state index < -0.39 is 0 Å². The molecule has 2 aliphatic rings. The van der Waals surface area contributed by atoms with Gasteiger partial charge in [0.1, 0.15) is 0 Å². The average molecular weight is 238 g/mol. The van der Waals surface area contributed by atoms with E-state index in [1.54, 1.807) is 0 Å². The van der Waals surface area contributed by atoms with Crippen LogP contribution in [0.25, 0.3) is 0 Å². The maximum Gasteiger partial charge on any atom is 0.0257 e. The molecule has 2 fully saturated rings. The second-order valence-electron chi connectivity index (χ2n) is 6.32. The fourth-order valence-electron chi connectivity index (χ4n) is 4.12. The Morgan fingerprint density at radius 2 is 1.88 bits per heavy atom. The van der Waals surface area contributed by atoms with E-state index in [-0.39, 0.29) is 0 Å². The Morgan fingerprint density at radius 3 is 2.53 bits per heavy atom. The highest BCUT2D eigenvalue weighted by Crippen LogP contribution is 2.35. The van der Waals surface area contributed by atoms with Gasteiger partial charge in [-0.1, -0.05) is 13.8 Å². The van der Waals surface area contributed by atoms with Crippen LogP contribution < -0.4 is 5.32 Å². The molecule has 2 rings (SSSR count). The molecule has 0 amide bonds. The number of likely N-dealkylation sites (tertiary alicyclic amines) is 1. The SMILES string of the molecule is CCC1CCC(C)N1C1CC(C)CCC1NC. The van der Waals surface area contributed by atoms with Crippen LogP contribution in [0.4, 0.5) is 0 Å². The summed E-state index contributed by atoms with van der Waals surface area (Å²) in [7, 11) is 2.15. The molecule has 1 saturated carbocycles. The van der Waals surface area contributed by atoms with Crippen molar-refractivity contribution in [3.05, 3.63) is 0 Å². The topological polar surface area (TPSA) is 15.3 Å². The number of nitrogens with zero attached hydrogens (tertiary/aromatic N) is 1. The summed E-state index contributed by atoms with van der Waals surface area (Å²) in [4.78, 5) is 2.86. The maximum atomic E-state index is 3.57. The molecule has 0 spiro atoms. The van der Waals surface area contributed by atoms with Crippen LogP contribution in [0.1, 0.15) is 59.3 Å². The van der Waals surface area contributed by atoms with Crippen LogP contribution in [0.5, 0.6) is 0 Å². The van der Waals surface area contributed by atoms with Gasteiger partial charge in [-0.3, -0.25) is 4.90 Å². The van der Waals surface area contributed by atoms with Crippen molar-refractivity contribution in [2.75, 3.05) is 7.05 Å². The number of likely N-dealkylation sites (N-methyl/N-ethyl adjacent to an activating group) is 1. The standard InChI is InChI=1S/C15H30N2/c1-5-13-8-7-12(3)17(13)15-10-11(2)6-9-14(15)16-4/h11-16H,5-10H2,1-4H3. The van der Waals surface area contributed by atoms with Crippen molar-refractivity contribution in [2.45, 2.75) is 83.5 Å². The Kier molecular flexibility index (Phi) is 4.48. The van der Waals surface area contributed by atoms with E-state index in [9.17, 15) is 0 Å². The van der Waals surface area contributed by atoms with Crippen LogP contribution in [-0.4, -0.2) is 36.1 Å². The Morgan fingerprint density at radius 1 is 1.12 bits per heavy atom. The molecule has 1 saturated heterocycles. The predicted octanol–water partition coefficient (Wildman–Crippen LogP) is 3.03. The number of hydrogen-bond acceptors (Lipinski definition) is 2. The molecule has 0 radical (unpaired) electrons. The van der Waals surface area contributed by atoms with Gasteiger partial charge in [0, 0.05) is 24.2 Å². The van der Waals surface area contributed by atoms with Crippen molar-refractivity contribution in [3.8, 4) is 0 Å². The normalized spacial score (nSPS) is 44.1. The molecular weight excluding hydrogens is 208 g/mol. The van der Waals surface area contributed by atoms with Crippen molar-refractivity contribution >= 4 is 0 Å².